The normalized spacial score (nSPS) is 11.8. The molecular weight excluding hydrogens is 357 g/mol. The van der Waals surface area contributed by atoms with Crippen molar-refractivity contribution in [1.82, 2.24) is 0 Å². The Balaban J connectivity index is 1.83. The molecule has 26 heavy (non-hydrogen) atoms. The number of rotatable bonds is 3. The highest BCUT2D eigenvalue weighted by Crippen LogP contribution is 2.43. The van der Waals surface area contributed by atoms with Gasteiger partial charge in [0, 0.05) is 15.8 Å². The van der Waals surface area contributed by atoms with Crippen molar-refractivity contribution in [3.63, 3.8) is 0 Å². The topological polar surface area (TPSA) is 13.1 Å². The van der Waals surface area contributed by atoms with Crippen LogP contribution in [0.25, 0.3) is 22.3 Å². The van der Waals surface area contributed by atoms with E-state index in [0.29, 0.717) is 16.9 Å². The van der Waals surface area contributed by atoms with Crippen LogP contribution in [-0.4, -0.2) is 0 Å². The van der Waals surface area contributed by atoms with Gasteiger partial charge in [-0.3, -0.25) is 0 Å². The number of halogens is 3. The summed E-state index contributed by atoms with van der Waals surface area (Å²) < 4.78 is 44.5. The van der Waals surface area contributed by atoms with Crippen LogP contribution in [0.2, 0.25) is 0 Å². The van der Waals surface area contributed by atoms with E-state index >= 15 is 0 Å². The lowest BCUT2D eigenvalue weighted by molar-refractivity contribution is -0.137. The summed E-state index contributed by atoms with van der Waals surface area (Å²) in [4.78, 5) is 1.93. The first-order valence-electron chi connectivity index (χ1n) is 7.94. The molecule has 1 aromatic heterocycles. The molecule has 0 aliphatic heterocycles. The Morgan fingerprint density at radius 1 is 0.731 bits per heavy atom. The molecule has 0 unspecified atom stereocenters. The number of benzene rings is 3. The summed E-state index contributed by atoms with van der Waals surface area (Å²) in [6.07, 6.45) is -4.35. The Bertz CT molecular complexity index is 1030. The van der Waals surface area contributed by atoms with Crippen LogP contribution in [0.3, 0.4) is 0 Å². The van der Waals surface area contributed by atoms with E-state index in [1.165, 1.54) is 23.9 Å². The maximum Gasteiger partial charge on any atom is 0.416 e. The lowest BCUT2D eigenvalue weighted by Crippen LogP contribution is -2.03. The van der Waals surface area contributed by atoms with E-state index in [9.17, 15) is 13.2 Å². The number of hydrogen-bond acceptors (Lipinski definition) is 2. The number of hydrogen-bond donors (Lipinski definition) is 0. The zero-order valence-corrected chi connectivity index (χ0v) is 14.3. The molecule has 0 aliphatic carbocycles. The van der Waals surface area contributed by atoms with Crippen LogP contribution >= 0.6 is 11.8 Å². The molecule has 130 valence electrons. The third-order valence-corrected chi connectivity index (χ3v) is 5.10. The molecule has 0 amide bonds. The van der Waals surface area contributed by atoms with Gasteiger partial charge in [-0.25, -0.2) is 0 Å². The number of fused-ring (bicyclic) bond motifs is 1. The highest BCUT2D eigenvalue weighted by molar-refractivity contribution is 7.99. The highest BCUT2D eigenvalue weighted by Gasteiger charge is 2.30. The van der Waals surface area contributed by atoms with Gasteiger partial charge in [0.2, 0.25) is 0 Å². The molecule has 0 aliphatic rings. The van der Waals surface area contributed by atoms with Crippen LogP contribution in [0.1, 0.15) is 5.56 Å². The molecule has 0 saturated carbocycles. The van der Waals surface area contributed by atoms with Gasteiger partial charge >= 0.3 is 6.18 Å². The third kappa shape index (κ3) is 3.22. The van der Waals surface area contributed by atoms with E-state index in [1.54, 1.807) is 0 Å². The van der Waals surface area contributed by atoms with E-state index in [-0.39, 0.29) is 0 Å². The number of para-hydroxylation sites is 1. The summed E-state index contributed by atoms with van der Waals surface area (Å²) in [5.41, 5.74) is 0.656. The van der Waals surface area contributed by atoms with Crippen molar-refractivity contribution < 1.29 is 17.6 Å². The van der Waals surface area contributed by atoms with Crippen molar-refractivity contribution in [2.45, 2.75) is 16.0 Å². The Hall–Kier alpha value is -2.66. The maximum atomic E-state index is 12.8. The molecule has 5 heteroatoms. The Kier molecular flexibility index (Phi) is 4.24. The van der Waals surface area contributed by atoms with E-state index in [0.717, 1.165) is 27.3 Å². The Morgan fingerprint density at radius 3 is 2.08 bits per heavy atom. The monoisotopic (exact) mass is 370 g/mol. The molecule has 3 aromatic carbocycles. The summed E-state index contributed by atoms with van der Waals surface area (Å²) in [7, 11) is 0. The number of furan rings is 1. The second-order valence-electron chi connectivity index (χ2n) is 5.75. The fourth-order valence-corrected chi connectivity index (χ4v) is 3.79. The summed E-state index contributed by atoms with van der Waals surface area (Å²) in [6.45, 7) is 0. The summed E-state index contributed by atoms with van der Waals surface area (Å²) in [6, 6.07) is 22.5. The second kappa shape index (κ2) is 6.57. The first-order valence-corrected chi connectivity index (χ1v) is 8.76. The van der Waals surface area contributed by atoms with Crippen LogP contribution in [0.15, 0.2) is 93.1 Å². The molecule has 1 heterocycles. The highest BCUT2D eigenvalue weighted by atomic mass is 32.2. The van der Waals surface area contributed by atoms with Crippen molar-refractivity contribution >= 4 is 22.7 Å². The van der Waals surface area contributed by atoms with Gasteiger partial charge in [0.25, 0.3) is 0 Å². The summed E-state index contributed by atoms with van der Waals surface area (Å²) in [5.74, 6) is 0.578. The largest absolute Gasteiger partial charge is 0.455 e. The van der Waals surface area contributed by atoms with Gasteiger partial charge in [0.1, 0.15) is 11.3 Å². The first kappa shape index (κ1) is 16.8. The van der Waals surface area contributed by atoms with Gasteiger partial charge < -0.3 is 4.42 Å². The molecule has 1 nitrogen and oxygen atoms in total. The minimum Gasteiger partial charge on any atom is -0.455 e. The maximum absolute atomic E-state index is 12.8. The zero-order valence-electron chi connectivity index (χ0n) is 13.5. The van der Waals surface area contributed by atoms with E-state index in [4.69, 9.17) is 4.42 Å². The Morgan fingerprint density at radius 2 is 1.38 bits per heavy atom. The van der Waals surface area contributed by atoms with Gasteiger partial charge in [0.05, 0.1) is 10.5 Å². The molecule has 4 aromatic rings. The van der Waals surface area contributed by atoms with Crippen molar-refractivity contribution in [1.29, 1.82) is 0 Å². The van der Waals surface area contributed by atoms with E-state index < -0.39 is 11.7 Å². The van der Waals surface area contributed by atoms with Gasteiger partial charge in [-0.15, -0.1) is 0 Å². The van der Waals surface area contributed by atoms with Gasteiger partial charge in [-0.05, 0) is 36.4 Å². The SMILES string of the molecule is FC(F)(F)c1ccc(-c2oc3ccccc3c2Sc2ccccc2)cc1. The van der Waals surface area contributed by atoms with Crippen molar-refractivity contribution in [3.05, 3.63) is 84.4 Å². The van der Waals surface area contributed by atoms with Crippen molar-refractivity contribution in [2.75, 3.05) is 0 Å². The summed E-state index contributed by atoms with van der Waals surface area (Å²) in [5, 5.41) is 0.941. The molecule has 0 radical (unpaired) electrons. The molecule has 0 saturated heterocycles. The van der Waals surface area contributed by atoms with Crippen LogP contribution in [-0.2, 0) is 6.18 Å². The molecule has 0 bridgehead atoms. The standard InChI is InChI=1S/C21H13F3OS/c22-21(23,24)15-12-10-14(11-13-15)19-20(26-16-6-2-1-3-7-16)17-8-4-5-9-18(17)25-19/h1-13H. The first-order chi connectivity index (χ1) is 12.5. The second-order valence-corrected chi connectivity index (χ2v) is 6.83. The van der Waals surface area contributed by atoms with E-state index in [1.807, 2.05) is 54.6 Å². The average molecular weight is 370 g/mol. The van der Waals surface area contributed by atoms with Gasteiger partial charge in [-0.2, -0.15) is 13.2 Å². The van der Waals surface area contributed by atoms with E-state index in [2.05, 4.69) is 0 Å². The third-order valence-electron chi connectivity index (χ3n) is 3.99. The summed E-state index contributed by atoms with van der Waals surface area (Å²) >= 11 is 1.54. The minimum atomic E-state index is -4.35. The van der Waals surface area contributed by atoms with Crippen LogP contribution < -0.4 is 0 Å². The van der Waals surface area contributed by atoms with Gasteiger partial charge in [0.15, 0.2) is 0 Å². The van der Waals surface area contributed by atoms with Crippen LogP contribution in [0.5, 0.6) is 0 Å². The van der Waals surface area contributed by atoms with Crippen molar-refractivity contribution in [3.8, 4) is 11.3 Å². The predicted octanol–water partition coefficient (Wildman–Crippen LogP) is 7.27. The molecule has 0 fully saturated rings. The molecule has 0 spiro atoms. The fraction of sp³-hybridized carbons (Fsp3) is 0.0476. The fourth-order valence-electron chi connectivity index (χ4n) is 2.73. The number of alkyl halides is 3. The van der Waals surface area contributed by atoms with Gasteiger partial charge in [-0.1, -0.05) is 54.2 Å². The molecule has 0 atom stereocenters. The average Bonchev–Trinajstić information content (AvgIpc) is 3.01. The molecule has 4 rings (SSSR count). The lowest BCUT2D eigenvalue weighted by Gasteiger charge is -2.08. The minimum absolute atomic E-state index is 0.578. The van der Waals surface area contributed by atoms with Crippen LogP contribution in [0.4, 0.5) is 13.2 Å². The molecule has 0 N–H and O–H groups in total. The Labute approximate surface area is 152 Å². The lowest BCUT2D eigenvalue weighted by atomic mass is 10.1. The van der Waals surface area contributed by atoms with Crippen LogP contribution in [0, 0.1) is 0 Å². The quantitative estimate of drug-likeness (QED) is 0.376. The van der Waals surface area contributed by atoms with Crippen molar-refractivity contribution in [2.24, 2.45) is 0 Å². The predicted molar refractivity (Wildman–Crippen MR) is 97.2 cm³/mol. The zero-order chi connectivity index (χ0) is 18.1. The molecular formula is C21H13F3OS. The smallest absolute Gasteiger partial charge is 0.416 e.